The summed E-state index contributed by atoms with van der Waals surface area (Å²) in [5.74, 6) is 0.120. The van der Waals surface area contributed by atoms with E-state index in [0.717, 1.165) is 0 Å². The molecule has 1 amide bonds. The first kappa shape index (κ1) is 19.3. The molecular formula is C15H20Cl2N2O4S. The van der Waals surface area contributed by atoms with Gasteiger partial charge >= 0.3 is 0 Å². The summed E-state index contributed by atoms with van der Waals surface area (Å²) in [5, 5.41) is 3.71. The highest BCUT2D eigenvalue weighted by Gasteiger charge is 2.27. The number of rotatable bonds is 5. The number of carbonyl (C=O) groups excluding carboxylic acids is 1. The lowest BCUT2D eigenvalue weighted by Gasteiger charge is -2.31. The fraction of sp³-hybridized carbons (Fsp3) is 0.533. The number of nitrogens with zero attached hydrogens (tertiary/aromatic N) is 1. The molecule has 1 atom stereocenters. The molecule has 1 unspecified atom stereocenters. The molecule has 1 aliphatic heterocycles. The molecule has 1 aliphatic rings. The lowest BCUT2D eigenvalue weighted by Crippen LogP contribution is -2.49. The zero-order valence-electron chi connectivity index (χ0n) is 13.5. The van der Waals surface area contributed by atoms with E-state index < -0.39 is 16.1 Å². The normalized spacial score (nSPS) is 18.2. The van der Waals surface area contributed by atoms with Crippen LogP contribution in [0.3, 0.4) is 0 Å². The second-order valence-corrected chi connectivity index (χ2v) is 8.61. The van der Waals surface area contributed by atoms with E-state index in [1.807, 2.05) is 0 Å². The van der Waals surface area contributed by atoms with Gasteiger partial charge in [-0.3, -0.25) is 4.79 Å². The number of hydrogen-bond acceptors (Lipinski definition) is 4. The molecule has 0 bridgehead atoms. The Balaban J connectivity index is 1.86. The van der Waals surface area contributed by atoms with E-state index in [0.29, 0.717) is 41.7 Å². The quantitative estimate of drug-likeness (QED) is 0.830. The van der Waals surface area contributed by atoms with Gasteiger partial charge in [-0.2, -0.15) is 0 Å². The molecule has 1 saturated heterocycles. The number of ether oxygens (including phenoxy) is 1. The van der Waals surface area contributed by atoms with E-state index in [9.17, 15) is 13.2 Å². The third kappa shape index (κ3) is 5.24. The molecule has 1 aromatic carbocycles. The molecule has 1 fully saturated rings. The maximum atomic E-state index is 12.2. The van der Waals surface area contributed by atoms with Crippen LogP contribution in [0.4, 0.5) is 0 Å². The van der Waals surface area contributed by atoms with Gasteiger partial charge in [-0.15, -0.1) is 0 Å². The largest absolute Gasteiger partial charge is 0.479 e. The average Bonchev–Trinajstić information content (AvgIpc) is 2.49. The van der Waals surface area contributed by atoms with Crippen molar-refractivity contribution in [2.75, 3.05) is 19.3 Å². The smallest absolute Gasteiger partial charge is 0.260 e. The Morgan fingerprint density at radius 1 is 1.33 bits per heavy atom. The number of carbonyl (C=O) groups is 1. The molecule has 0 aliphatic carbocycles. The molecule has 0 spiro atoms. The maximum absolute atomic E-state index is 12.2. The van der Waals surface area contributed by atoms with Crippen LogP contribution >= 0.6 is 23.2 Å². The number of halogens is 2. The van der Waals surface area contributed by atoms with Gasteiger partial charge in [-0.25, -0.2) is 12.7 Å². The number of amides is 1. The van der Waals surface area contributed by atoms with Crippen molar-refractivity contribution in [3.63, 3.8) is 0 Å². The first-order valence-electron chi connectivity index (χ1n) is 7.54. The molecule has 0 aromatic heterocycles. The van der Waals surface area contributed by atoms with Gasteiger partial charge in [0.15, 0.2) is 6.10 Å². The van der Waals surface area contributed by atoms with Crippen LogP contribution in [0.15, 0.2) is 18.2 Å². The summed E-state index contributed by atoms with van der Waals surface area (Å²) in [6.07, 6.45) is 1.62. The second-order valence-electron chi connectivity index (χ2n) is 5.78. The highest BCUT2D eigenvalue weighted by molar-refractivity contribution is 7.88. The van der Waals surface area contributed by atoms with Crippen molar-refractivity contribution in [1.82, 2.24) is 9.62 Å². The van der Waals surface area contributed by atoms with Crippen molar-refractivity contribution in [3.8, 4) is 5.75 Å². The highest BCUT2D eigenvalue weighted by Crippen LogP contribution is 2.28. The lowest BCUT2D eigenvalue weighted by molar-refractivity contribution is -0.128. The zero-order valence-corrected chi connectivity index (χ0v) is 15.8. The molecule has 1 N–H and O–H groups in total. The molecule has 24 heavy (non-hydrogen) atoms. The van der Waals surface area contributed by atoms with Crippen molar-refractivity contribution in [1.29, 1.82) is 0 Å². The molecule has 9 heteroatoms. The van der Waals surface area contributed by atoms with Crippen molar-refractivity contribution in [2.24, 2.45) is 0 Å². The van der Waals surface area contributed by atoms with Crippen LogP contribution in [0.2, 0.25) is 10.0 Å². The predicted molar refractivity (Wildman–Crippen MR) is 94.1 cm³/mol. The highest BCUT2D eigenvalue weighted by atomic mass is 35.5. The fourth-order valence-electron chi connectivity index (χ4n) is 2.47. The lowest BCUT2D eigenvalue weighted by atomic mass is 10.1. The van der Waals surface area contributed by atoms with Crippen LogP contribution in [0.25, 0.3) is 0 Å². The van der Waals surface area contributed by atoms with Crippen LogP contribution in [-0.2, 0) is 14.8 Å². The summed E-state index contributed by atoms with van der Waals surface area (Å²) < 4.78 is 29.9. The van der Waals surface area contributed by atoms with E-state index in [-0.39, 0.29) is 11.9 Å². The van der Waals surface area contributed by atoms with E-state index in [1.54, 1.807) is 25.1 Å². The summed E-state index contributed by atoms with van der Waals surface area (Å²) in [4.78, 5) is 12.2. The van der Waals surface area contributed by atoms with E-state index >= 15 is 0 Å². The zero-order chi connectivity index (χ0) is 17.9. The SMILES string of the molecule is CC(Oc1ccc(Cl)cc1Cl)C(=O)NC1CCN(S(C)(=O)=O)CC1. The number of piperidine rings is 1. The predicted octanol–water partition coefficient (Wildman–Crippen LogP) is 2.30. The number of nitrogens with one attached hydrogen (secondary N) is 1. The second kappa shape index (κ2) is 7.91. The Morgan fingerprint density at radius 3 is 2.50 bits per heavy atom. The Bertz CT molecular complexity index is 703. The summed E-state index contributed by atoms with van der Waals surface area (Å²) in [6, 6.07) is 4.72. The molecule has 6 nitrogen and oxygen atoms in total. The summed E-state index contributed by atoms with van der Waals surface area (Å²) in [5.41, 5.74) is 0. The number of benzene rings is 1. The monoisotopic (exact) mass is 394 g/mol. The Kier molecular flexibility index (Phi) is 6.36. The summed E-state index contributed by atoms with van der Waals surface area (Å²) >= 11 is 11.8. The topological polar surface area (TPSA) is 75.7 Å². The van der Waals surface area contributed by atoms with Crippen LogP contribution < -0.4 is 10.1 Å². The minimum absolute atomic E-state index is 0.0674. The van der Waals surface area contributed by atoms with Gasteiger partial charge in [0, 0.05) is 24.2 Å². The van der Waals surface area contributed by atoms with E-state index in [1.165, 1.54) is 10.6 Å². The first-order valence-corrected chi connectivity index (χ1v) is 10.1. The number of hydrogen-bond donors (Lipinski definition) is 1. The van der Waals surface area contributed by atoms with Crippen molar-refractivity contribution < 1.29 is 17.9 Å². The van der Waals surface area contributed by atoms with Crippen LogP contribution in [0, 0.1) is 0 Å². The Morgan fingerprint density at radius 2 is 1.96 bits per heavy atom. The van der Waals surface area contributed by atoms with Gasteiger partial charge in [-0.1, -0.05) is 23.2 Å². The third-order valence-corrected chi connectivity index (χ3v) is 5.67. The van der Waals surface area contributed by atoms with E-state index in [4.69, 9.17) is 27.9 Å². The molecular weight excluding hydrogens is 375 g/mol. The first-order chi connectivity index (χ1) is 11.2. The van der Waals surface area contributed by atoms with Crippen molar-refractivity contribution >= 4 is 39.1 Å². The van der Waals surface area contributed by atoms with Crippen LogP contribution in [-0.4, -0.2) is 50.1 Å². The van der Waals surface area contributed by atoms with Gasteiger partial charge in [0.2, 0.25) is 10.0 Å². The standard InChI is InChI=1S/C15H20Cl2N2O4S/c1-10(23-14-4-3-11(16)9-13(14)17)15(20)18-12-5-7-19(8-6-12)24(2,21)22/h3-4,9-10,12H,5-8H2,1-2H3,(H,18,20). The molecule has 1 aromatic rings. The fourth-order valence-corrected chi connectivity index (χ4v) is 3.79. The summed E-state index contributed by atoms with van der Waals surface area (Å²) in [7, 11) is -3.17. The number of sulfonamides is 1. The van der Waals surface area contributed by atoms with Gasteiger partial charge in [0.1, 0.15) is 5.75 Å². The van der Waals surface area contributed by atoms with Gasteiger partial charge in [0.05, 0.1) is 11.3 Å². The molecule has 2 rings (SSSR count). The maximum Gasteiger partial charge on any atom is 0.260 e. The van der Waals surface area contributed by atoms with Crippen molar-refractivity contribution in [2.45, 2.75) is 31.9 Å². The summed E-state index contributed by atoms with van der Waals surface area (Å²) in [6.45, 7) is 2.44. The minimum atomic E-state index is -3.17. The molecule has 0 radical (unpaired) electrons. The molecule has 0 saturated carbocycles. The van der Waals surface area contributed by atoms with E-state index in [2.05, 4.69) is 5.32 Å². The average molecular weight is 395 g/mol. The minimum Gasteiger partial charge on any atom is -0.479 e. The molecule has 134 valence electrons. The third-order valence-electron chi connectivity index (χ3n) is 3.84. The molecule has 1 heterocycles. The van der Waals surface area contributed by atoms with Crippen LogP contribution in [0.5, 0.6) is 5.75 Å². The van der Waals surface area contributed by atoms with Crippen LogP contribution in [0.1, 0.15) is 19.8 Å². The van der Waals surface area contributed by atoms with Gasteiger partial charge in [0.25, 0.3) is 5.91 Å². The van der Waals surface area contributed by atoms with Crippen molar-refractivity contribution in [3.05, 3.63) is 28.2 Å². The van der Waals surface area contributed by atoms with Gasteiger partial charge in [-0.05, 0) is 38.0 Å². The Labute approximate surface area is 152 Å². The van der Waals surface area contributed by atoms with Gasteiger partial charge < -0.3 is 10.1 Å². The Hall–Kier alpha value is -1.02.